The highest BCUT2D eigenvalue weighted by atomic mass is 32.2. The van der Waals surface area contributed by atoms with Crippen LogP contribution in [0.25, 0.3) is 0 Å². The van der Waals surface area contributed by atoms with Gasteiger partial charge in [0.2, 0.25) is 0 Å². The lowest BCUT2D eigenvalue weighted by atomic mass is 9.55. The topological polar surface area (TPSA) is 0 Å². The van der Waals surface area contributed by atoms with Crippen LogP contribution in [0, 0.1) is 75.9 Å². The normalized spacial score (nSPS) is 50.9. The average molecular weight is 599 g/mol. The minimum absolute atomic E-state index is 0.457. The molecule has 2 heteroatoms. The largest absolute Gasteiger partial charge is 0.155 e. The molecule has 0 spiro atoms. The second kappa shape index (κ2) is 11.1. The van der Waals surface area contributed by atoms with Crippen LogP contribution in [-0.2, 0) is 0 Å². The fourth-order valence-electron chi connectivity index (χ4n) is 13.7. The minimum Gasteiger partial charge on any atom is -0.155 e. The molecule has 0 aromatic carbocycles. The predicted octanol–water partition coefficient (Wildman–Crippen LogP) is 12.2. The first-order valence-electron chi connectivity index (χ1n) is 18.8. The molecule has 0 bridgehead atoms. The lowest BCUT2D eigenvalue weighted by Gasteiger charge is -2.51. The molecule has 6 fully saturated rings. The first kappa shape index (κ1) is 31.5. The highest BCUT2D eigenvalue weighted by Crippen LogP contribution is 2.70. The van der Waals surface area contributed by atoms with Gasteiger partial charge in [-0.15, -0.1) is 0 Å². The maximum atomic E-state index is 2.95. The average Bonchev–Trinajstić information content (AvgIpc) is 3.51. The van der Waals surface area contributed by atoms with Crippen LogP contribution in [0.4, 0.5) is 0 Å². The third-order valence-electron chi connectivity index (χ3n) is 15.7. The molecule has 41 heavy (non-hydrogen) atoms. The Hall–Kier alpha value is 0.567. The van der Waals surface area contributed by atoms with E-state index in [9.17, 15) is 0 Å². The number of thioether (sulfide) groups is 1. The molecule has 236 valence electrons. The molecule has 0 N–H and O–H groups in total. The SMILES string of the molecule is CC1CC2C(C3CC(C(C)(C)C)CC(C(C)(C)C)C3)CCCC2C1[Si](C)(C)C1C(C)C(C)C2C3CCCCC3SC21. The third-order valence-corrected chi connectivity index (χ3v) is 23.1. The summed E-state index contributed by atoms with van der Waals surface area (Å²) in [4.78, 5) is 0. The maximum absolute atomic E-state index is 2.95. The van der Waals surface area contributed by atoms with Crippen molar-refractivity contribution in [3.63, 3.8) is 0 Å². The van der Waals surface area contributed by atoms with Crippen LogP contribution >= 0.6 is 11.8 Å². The van der Waals surface area contributed by atoms with Gasteiger partial charge in [-0.2, -0.15) is 11.8 Å². The van der Waals surface area contributed by atoms with Gasteiger partial charge in [0.15, 0.2) is 0 Å². The van der Waals surface area contributed by atoms with E-state index >= 15 is 0 Å². The van der Waals surface area contributed by atoms with Gasteiger partial charge in [0.05, 0.1) is 8.07 Å². The van der Waals surface area contributed by atoms with Crippen molar-refractivity contribution < 1.29 is 0 Å². The molecule has 5 saturated carbocycles. The van der Waals surface area contributed by atoms with E-state index < -0.39 is 8.07 Å². The summed E-state index contributed by atoms with van der Waals surface area (Å²) < 4.78 is 0. The van der Waals surface area contributed by atoms with E-state index in [1.165, 1.54) is 44.9 Å². The van der Waals surface area contributed by atoms with E-state index in [0.29, 0.717) is 10.8 Å². The highest BCUT2D eigenvalue weighted by molar-refractivity contribution is 8.01. The van der Waals surface area contributed by atoms with Crippen LogP contribution in [0.5, 0.6) is 0 Å². The zero-order valence-corrected chi connectivity index (χ0v) is 31.2. The summed E-state index contributed by atoms with van der Waals surface area (Å²) in [6.07, 6.45) is 16.9. The molecule has 0 amide bonds. The highest BCUT2D eigenvalue weighted by Gasteiger charge is 2.64. The Bertz CT molecular complexity index is 903. The molecule has 14 unspecified atom stereocenters. The molecule has 0 aromatic heterocycles. The number of hydrogen-bond donors (Lipinski definition) is 0. The van der Waals surface area contributed by atoms with E-state index in [0.717, 1.165) is 86.7 Å². The zero-order valence-electron chi connectivity index (χ0n) is 29.3. The van der Waals surface area contributed by atoms with Crippen LogP contribution in [0.2, 0.25) is 24.2 Å². The van der Waals surface area contributed by atoms with Gasteiger partial charge in [-0.1, -0.05) is 101 Å². The summed E-state index contributed by atoms with van der Waals surface area (Å²) >= 11 is 2.56. The Morgan fingerprint density at radius 1 is 0.585 bits per heavy atom. The van der Waals surface area contributed by atoms with E-state index in [1.807, 2.05) is 0 Å². The van der Waals surface area contributed by atoms with Crippen LogP contribution in [-0.4, -0.2) is 18.6 Å². The molecule has 5 aliphatic carbocycles. The van der Waals surface area contributed by atoms with Gasteiger partial charge < -0.3 is 0 Å². The third kappa shape index (κ3) is 5.41. The molecule has 1 heterocycles. The minimum atomic E-state index is -1.45. The predicted molar refractivity (Wildman–Crippen MR) is 185 cm³/mol. The molecule has 0 aromatic rings. The van der Waals surface area contributed by atoms with E-state index in [1.54, 1.807) is 25.7 Å². The second-order valence-corrected chi connectivity index (χ2v) is 26.4. The van der Waals surface area contributed by atoms with Gasteiger partial charge in [0, 0.05) is 10.5 Å². The van der Waals surface area contributed by atoms with Crippen molar-refractivity contribution in [2.45, 2.75) is 168 Å². The molecular weight excluding hydrogens is 529 g/mol. The second-order valence-electron chi connectivity index (χ2n) is 20.0. The summed E-state index contributed by atoms with van der Waals surface area (Å²) in [5.74, 6) is 11.0. The molecule has 6 rings (SSSR count). The number of fused-ring (bicyclic) bond motifs is 4. The number of rotatable bonds is 3. The lowest BCUT2D eigenvalue weighted by Crippen LogP contribution is -2.48. The summed E-state index contributed by atoms with van der Waals surface area (Å²) in [6, 6.07) is 0. The van der Waals surface area contributed by atoms with Gasteiger partial charge in [0.25, 0.3) is 0 Å². The van der Waals surface area contributed by atoms with Crippen molar-refractivity contribution in [1.29, 1.82) is 0 Å². The Morgan fingerprint density at radius 3 is 1.80 bits per heavy atom. The first-order valence-corrected chi connectivity index (χ1v) is 22.9. The standard InChI is InChI=1S/C39H70SSi/c1-23-19-32-29(26-20-27(38(4,5)6)22-28(21-26)39(7,8)9)16-14-17-30(32)36(23)41(10,11)37-25(3)24(2)34-31-15-12-13-18-33(31)40-35(34)37/h23-37H,12-22H2,1-11H3. The Balaban J connectivity index is 1.25. The van der Waals surface area contributed by atoms with Crippen molar-refractivity contribution >= 4 is 19.8 Å². The Kier molecular flexibility index (Phi) is 8.56. The summed E-state index contributed by atoms with van der Waals surface area (Å²) in [5, 5.41) is 2.03. The van der Waals surface area contributed by atoms with Gasteiger partial charge in [-0.05, 0) is 132 Å². The molecular formula is C39H70SSi. The van der Waals surface area contributed by atoms with E-state index in [-0.39, 0.29) is 0 Å². The molecule has 1 aliphatic heterocycles. The molecule has 1 saturated heterocycles. The van der Waals surface area contributed by atoms with Gasteiger partial charge in [-0.25, -0.2) is 0 Å². The van der Waals surface area contributed by atoms with Gasteiger partial charge in [-0.3, -0.25) is 0 Å². The van der Waals surface area contributed by atoms with Crippen LogP contribution in [0.3, 0.4) is 0 Å². The van der Waals surface area contributed by atoms with Crippen molar-refractivity contribution in [2.75, 3.05) is 0 Å². The van der Waals surface area contributed by atoms with Crippen LogP contribution in [0.15, 0.2) is 0 Å². The summed E-state index contributed by atoms with van der Waals surface area (Å²) in [7, 11) is -1.45. The van der Waals surface area contributed by atoms with Crippen LogP contribution in [0.1, 0.15) is 133 Å². The van der Waals surface area contributed by atoms with Gasteiger partial charge in [0.1, 0.15) is 0 Å². The van der Waals surface area contributed by atoms with Crippen molar-refractivity contribution in [3.8, 4) is 0 Å². The van der Waals surface area contributed by atoms with Crippen LogP contribution < -0.4 is 0 Å². The molecule has 6 aliphatic rings. The Labute approximate surface area is 262 Å². The number of hydrogen-bond acceptors (Lipinski definition) is 1. The van der Waals surface area contributed by atoms with E-state index in [4.69, 9.17) is 0 Å². The zero-order chi connectivity index (χ0) is 29.6. The Morgan fingerprint density at radius 2 is 1.17 bits per heavy atom. The summed E-state index contributed by atoms with van der Waals surface area (Å²) in [5.41, 5.74) is 3.06. The monoisotopic (exact) mass is 598 g/mol. The van der Waals surface area contributed by atoms with E-state index in [2.05, 4.69) is 87.2 Å². The quantitative estimate of drug-likeness (QED) is 0.291. The molecule has 0 radical (unpaired) electrons. The van der Waals surface area contributed by atoms with Crippen molar-refractivity contribution in [3.05, 3.63) is 0 Å². The first-order chi connectivity index (χ1) is 19.1. The lowest BCUT2D eigenvalue weighted by molar-refractivity contribution is -0.000461. The molecule has 14 atom stereocenters. The summed E-state index contributed by atoms with van der Waals surface area (Å²) in [6.45, 7) is 29.4. The van der Waals surface area contributed by atoms with Crippen molar-refractivity contribution in [1.82, 2.24) is 0 Å². The smallest absolute Gasteiger partial charge is 0.0555 e. The molecule has 0 nitrogen and oxygen atoms in total. The fourth-order valence-corrected chi connectivity index (χ4v) is 23.6. The van der Waals surface area contributed by atoms with Gasteiger partial charge >= 0.3 is 0 Å². The maximum Gasteiger partial charge on any atom is 0.0555 e. The van der Waals surface area contributed by atoms with Crippen molar-refractivity contribution in [2.24, 2.45) is 75.9 Å². The fraction of sp³-hybridized carbons (Fsp3) is 1.00.